The number of nitrogens with one attached hydrogen (secondary N) is 1. The summed E-state index contributed by atoms with van der Waals surface area (Å²) < 4.78 is 0. The van der Waals surface area contributed by atoms with Gasteiger partial charge >= 0.3 is 5.97 Å². The minimum Gasteiger partial charge on any atom is -0.481 e. The number of hydrogen-bond acceptors (Lipinski definition) is 3. The molecule has 0 aromatic heterocycles. The summed E-state index contributed by atoms with van der Waals surface area (Å²) in [6.07, 6.45) is 3.55. The molecule has 96 valence electrons. The van der Waals surface area contributed by atoms with E-state index >= 15 is 0 Å². The molecule has 5 heteroatoms. The minimum absolute atomic E-state index is 0.132. The Labute approximate surface area is 101 Å². The number of rotatable bonds is 3. The van der Waals surface area contributed by atoms with Gasteiger partial charge < -0.3 is 15.3 Å². The number of carboxylic acid groups (broad SMARTS) is 1. The van der Waals surface area contributed by atoms with Gasteiger partial charge in [0.05, 0.1) is 0 Å². The van der Waals surface area contributed by atoms with Crippen LogP contribution in [0.2, 0.25) is 0 Å². The number of likely N-dealkylation sites (tertiary alicyclic amines) is 1. The molecule has 0 saturated carbocycles. The SMILES string of the molecule is O=C(O)CC1CCC(=O)N(C2CCCNC2)C1. The van der Waals surface area contributed by atoms with Gasteiger partial charge in [0, 0.05) is 32.0 Å². The number of hydrogen-bond donors (Lipinski definition) is 2. The Morgan fingerprint density at radius 2 is 2.29 bits per heavy atom. The van der Waals surface area contributed by atoms with E-state index in [1.165, 1.54) is 0 Å². The zero-order valence-electron chi connectivity index (χ0n) is 10.0. The third-order valence-electron chi connectivity index (χ3n) is 3.72. The van der Waals surface area contributed by atoms with Crippen molar-refractivity contribution < 1.29 is 14.7 Å². The number of carbonyl (C=O) groups is 2. The van der Waals surface area contributed by atoms with Crippen molar-refractivity contribution in [2.24, 2.45) is 5.92 Å². The van der Waals surface area contributed by atoms with Crippen molar-refractivity contribution in [3.63, 3.8) is 0 Å². The molecular formula is C12H20N2O3. The second-order valence-electron chi connectivity index (χ2n) is 5.05. The van der Waals surface area contributed by atoms with Gasteiger partial charge in [-0.1, -0.05) is 0 Å². The summed E-state index contributed by atoms with van der Waals surface area (Å²) in [6, 6.07) is 0.271. The molecule has 17 heavy (non-hydrogen) atoms. The summed E-state index contributed by atoms with van der Waals surface area (Å²) in [4.78, 5) is 24.5. The summed E-state index contributed by atoms with van der Waals surface area (Å²) >= 11 is 0. The number of piperidine rings is 2. The standard InChI is InChI=1S/C12H20N2O3/c15-11-4-3-9(6-12(16)17)8-14(11)10-2-1-5-13-7-10/h9-10,13H,1-8H2,(H,16,17). The lowest BCUT2D eigenvalue weighted by Gasteiger charge is -2.39. The molecule has 0 aromatic rings. The minimum atomic E-state index is -0.758. The van der Waals surface area contributed by atoms with E-state index in [2.05, 4.69) is 5.32 Å². The highest BCUT2D eigenvalue weighted by molar-refractivity contribution is 5.77. The fourth-order valence-electron chi connectivity index (χ4n) is 2.81. The number of carboxylic acids is 1. The second-order valence-corrected chi connectivity index (χ2v) is 5.05. The van der Waals surface area contributed by atoms with E-state index < -0.39 is 5.97 Å². The summed E-state index contributed by atoms with van der Waals surface area (Å²) in [7, 11) is 0. The third-order valence-corrected chi connectivity index (χ3v) is 3.72. The van der Waals surface area contributed by atoms with E-state index in [1.54, 1.807) is 0 Å². The van der Waals surface area contributed by atoms with Crippen LogP contribution in [0.3, 0.4) is 0 Å². The molecule has 0 aliphatic carbocycles. The van der Waals surface area contributed by atoms with Gasteiger partial charge in [-0.2, -0.15) is 0 Å². The van der Waals surface area contributed by atoms with Crippen LogP contribution in [0.25, 0.3) is 0 Å². The van der Waals surface area contributed by atoms with Gasteiger partial charge in [-0.3, -0.25) is 9.59 Å². The molecule has 0 aromatic carbocycles. The molecule has 0 radical (unpaired) electrons. The van der Waals surface area contributed by atoms with Crippen LogP contribution in [0, 0.1) is 5.92 Å². The fourth-order valence-corrected chi connectivity index (χ4v) is 2.81. The van der Waals surface area contributed by atoms with Crippen LogP contribution in [-0.2, 0) is 9.59 Å². The van der Waals surface area contributed by atoms with Gasteiger partial charge in [0.15, 0.2) is 0 Å². The molecule has 2 aliphatic rings. The topological polar surface area (TPSA) is 69.6 Å². The van der Waals surface area contributed by atoms with Crippen LogP contribution in [-0.4, -0.2) is 47.6 Å². The van der Waals surface area contributed by atoms with Gasteiger partial charge in [0.1, 0.15) is 0 Å². The molecular weight excluding hydrogens is 220 g/mol. The van der Waals surface area contributed by atoms with Crippen LogP contribution in [0.1, 0.15) is 32.1 Å². The second kappa shape index (κ2) is 5.49. The van der Waals surface area contributed by atoms with E-state index in [0.717, 1.165) is 32.4 Å². The molecule has 2 unspecified atom stereocenters. The summed E-state index contributed by atoms with van der Waals surface area (Å²) in [5.41, 5.74) is 0. The van der Waals surface area contributed by atoms with E-state index in [4.69, 9.17) is 5.11 Å². The Morgan fingerprint density at radius 1 is 1.47 bits per heavy atom. The Bertz CT molecular complexity index is 300. The van der Waals surface area contributed by atoms with E-state index in [0.29, 0.717) is 13.0 Å². The highest BCUT2D eigenvalue weighted by Crippen LogP contribution is 2.24. The van der Waals surface area contributed by atoms with Crippen molar-refractivity contribution in [2.75, 3.05) is 19.6 Å². The molecule has 2 N–H and O–H groups in total. The van der Waals surface area contributed by atoms with Crippen molar-refractivity contribution in [3.8, 4) is 0 Å². The molecule has 0 spiro atoms. The Balaban J connectivity index is 1.93. The highest BCUT2D eigenvalue weighted by Gasteiger charge is 2.32. The van der Waals surface area contributed by atoms with Gasteiger partial charge in [-0.25, -0.2) is 0 Å². The molecule has 5 nitrogen and oxygen atoms in total. The zero-order valence-corrected chi connectivity index (χ0v) is 10.0. The van der Waals surface area contributed by atoms with Crippen LogP contribution < -0.4 is 5.32 Å². The first kappa shape index (κ1) is 12.4. The maximum absolute atomic E-state index is 11.9. The lowest BCUT2D eigenvalue weighted by Crippen LogP contribution is -2.52. The molecule has 2 saturated heterocycles. The lowest BCUT2D eigenvalue weighted by atomic mass is 9.92. The van der Waals surface area contributed by atoms with E-state index in [9.17, 15) is 9.59 Å². The van der Waals surface area contributed by atoms with Gasteiger partial charge in [0.25, 0.3) is 0 Å². The molecule has 0 bridgehead atoms. The lowest BCUT2D eigenvalue weighted by molar-refractivity contribution is -0.143. The van der Waals surface area contributed by atoms with Crippen LogP contribution in [0.15, 0.2) is 0 Å². The van der Waals surface area contributed by atoms with Crippen molar-refractivity contribution >= 4 is 11.9 Å². The first-order chi connectivity index (χ1) is 8.16. The van der Waals surface area contributed by atoms with Crippen molar-refractivity contribution in [2.45, 2.75) is 38.1 Å². The Kier molecular flexibility index (Phi) is 3.99. The van der Waals surface area contributed by atoms with Crippen molar-refractivity contribution in [1.29, 1.82) is 0 Å². The maximum Gasteiger partial charge on any atom is 0.303 e. The first-order valence-electron chi connectivity index (χ1n) is 6.39. The molecule has 2 fully saturated rings. The van der Waals surface area contributed by atoms with Crippen LogP contribution >= 0.6 is 0 Å². The van der Waals surface area contributed by atoms with Crippen LogP contribution in [0.4, 0.5) is 0 Å². The average Bonchev–Trinajstić information content (AvgIpc) is 2.32. The summed E-state index contributed by atoms with van der Waals surface area (Å²) in [6.45, 7) is 2.50. The molecule has 2 atom stereocenters. The molecule has 2 heterocycles. The first-order valence-corrected chi connectivity index (χ1v) is 6.39. The van der Waals surface area contributed by atoms with Gasteiger partial charge in [-0.05, 0) is 31.7 Å². The highest BCUT2D eigenvalue weighted by atomic mass is 16.4. The zero-order chi connectivity index (χ0) is 12.3. The predicted octanol–water partition coefficient (Wildman–Crippen LogP) is 0.452. The Hall–Kier alpha value is -1.10. The van der Waals surface area contributed by atoms with Crippen molar-refractivity contribution in [1.82, 2.24) is 10.2 Å². The normalized spacial score (nSPS) is 30.4. The quantitative estimate of drug-likeness (QED) is 0.751. The van der Waals surface area contributed by atoms with Crippen molar-refractivity contribution in [3.05, 3.63) is 0 Å². The van der Waals surface area contributed by atoms with E-state index in [-0.39, 0.29) is 24.3 Å². The monoisotopic (exact) mass is 240 g/mol. The summed E-state index contributed by atoms with van der Waals surface area (Å²) in [5, 5.41) is 12.1. The third kappa shape index (κ3) is 3.19. The number of carbonyl (C=O) groups excluding carboxylic acids is 1. The van der Waals surface area contributed by atoms with Crippen LogP contribution in [0.5, 0.6) is 0 Å². The average molecular weight is 240 g/mol. The predicted molar refractivity (Wildman–Crippen MR) is 62.6 cm³/mol. The number of nitrogens with zero attached hydrogens (tertiary/aromatic N) is 1. The molecule has 1 amide bonds. The number of amides is 1. The van der Waals surface area contributed by atoms with E-state index in [1.807, 2.05) is 4.90 Å². The Morgan fingerprint density at radius 3 is 2.94 bits per heavy atom. The smallest absolute Gasteiger partial charge is 0.303 e. The molecule has 2 aliphatic heterocycles. The molecule has 2 rings (SSSR count). The summed E-state index contributed by atoms with van der Waals surface area (Å²) in [5.74, 6) is -0.432. The van der Waals surface area contributed by atoms with Gasteiger partial charge in [-0.15, -0.1) is 0 Å². The number of aliphatic carboxylic acids is 1. The fraction of sp³-hybridized carbons (Fsp3) is 0.833. The van der Waals surface area contributed by atoms with Gasteiger partial charge in [0.2, 0.25) is 5.91 Å². The maximum atomic E-state index is 11.9. The largest absolute Gasteiger partial charge is 0.481 e.